The molecule has 0 unspecified atom stereocenters. The van der Waals surface area contributed by atoms with Gasteiger partial charge < -0.3 is 0 Å². The Kier molecular flexibility index (Phi) is 9.53. The van der Waals surface area contributed by atoms with Crippen molar-refractivity contribution in [3.63, 3.8) is 0 Å². The van der Waals surface area contributed by atoms with Crippen LogP contribution in [0, 0.1) is 29.3 Å². The molecule has 3 aromatic rings. The SMILES string of the molecule is CCc1ccc(CC[C@H]2CC[C@H](CCc3ccc(CCc4cc(F)c(Cl)c(F)c4)c(F)c3)CC2)cc1. The minimum Gasteiger partial charge on any atom is -0.207 e. The number of hydrogen-bond donors (Lipinski definition) is 0. The molecular formula is C32H36ClF3. The van der Waals surface area contributed by atoms with E-state index in [-0.39, 0.29) is 5.82 Å². The van der Waals surface area contributed by atoms with Gasteiger partial charge in [-0.2, -0.15) is 0 Å². The van der Waals surface area contributed by atoms with Crippen molar-refractivity contribution in [2.45, 2.75) is 77.6 Å². The highest BCUT2D eigenvalue weighted by Crippen LogP contribution is 2.34. The van der Waals surface area contributed by atoms with E-state index in [1.54, 1.807) is 6.07 Å². The fourth-order valence-corrected chi connectivity index (χ4v) is 5.58. The van der Waals surface area contributed by atoms with Gasteiger partial charge in [-0.05, 0) is 103 Å². The summed E-state index contributed by atoms with van der Waals surface area (Å²) in [4.78, 5) is 0. The van der Waals surface area contributed by atoms with Crippen molar-refractivity contribution in [3.05, 3.63) is 105 Å². The summed E-state index contributed by atoms with van der Waals surface area (Å²) in [6.45, 7) is 2.19. The van der Waals surface area contributed by atoms with E-state index in [0.29, 0.717) is 24.0 Å². The summed E-state index contributed by atoms with van der Waals surface area (Å²) in [7, 11) is 0. The molecule has 0 saturated heterocycles. The molecule has 0 radical (unpaired) electrons. The molecular weight excluding hydrogens is 477 g/mol. The van der Waals surface area contributed by atoms with E-state index in [4.69, 9.17) is 11.6 Å². The Bertz CT molecular complexity index is 1110. The lowest BCUT2D eigenvalue weighted by atomic mass is 9.77. The van der Waals surface area contributed by atoms with Gasteiger partial charge in [-0.1, -0.05) is 80.6 Å². The third-order valence-corrected chi connectivity index (χ3v) is 8.29. The van der Waals surface area contributed by atoms with Crippen LogP contribution in [0.4, 0.5) is 13.2 Å². The van der Waals surface area contributed by atoms with E-state index >= 15 is 0 Å². The molecule has 0 heterocycles. The summed E-state index contributed by atoms with van der Waals surface area (Å²) in [5.41, 5.74) is 4.92. The van der Waals surface area contributed by atoms with Crippen LogP contribution in [0.3, 0.4) is 0 Å². The Morgan fingerprint density at radius 1 is 0.611 bits per heavy atom. The van der Waals surface area contributed by atoms with Crippen LogP contribution in [0.2, 0.25) is 5.02 Å². The van der Waals surface area contributed by atoms with E-state index in [1.165, 1.54) is 61.8 Å². The maximum Gasteiger partial charge on any atom is 0.145 e. The smallest absolute Gasteiger partial charge is 0.145 e. The van der Waals surface area contributed by atoms with Crippen molar-refractivity contribution in [2.75, 3.05) is 0 Å². The van der Waals surface area contributed by atoms with Crippen LogP contribution in [-0.4, -0.2) is 0 Å². The van der Waals surface area contributed by atoms with Gasteiger partial charge in [0.15, 0.2) is 0 Å². The molecule has 1 fully saturated rings. The fourth-order valence-electron chi connectivity index (χ4n) is 5.47. The first kappa shape index (κ1) is 26.8. The van der Waals surface area contributed by atoms with Crippen LogP contribution in [0.15, 0.2) is 54.6 Å². The van der Waals surface area contributed by atoms with Crippen molar-refractivity contribution < 1.29 is 13.2 Å². The molecule has 192 valence electrons. The van der Waals surface area contributed by atoms with Crippen LogP contribution in [0.25, 0.3) is 0 Å². The predicted molar refractivity (Wildman–Crippen MR) is 143 cm³/mol. The number of halogens is 4. The highest BCUT2D eigenvalue weighted by Gasteiger charge is 2.21. The average molecular weight is 513 g/mol. The molecule has 4 heteroatoms. The first-order valence-corrected chi connectivity index (χ1v) is 13.8. The summed E-state index contributed by atoms with van der Waals surface area (Å²) in [5, 5.41) is -0.500. The molecule has 1 aliphatic rings. The van der Waals surface area contributed by atoms with Gasteiger partial charge in [0.1, 0.15) is 22.5 Å². The normalized spacial score (nSPS) is 17.9. The van der Waals surface area contributed by atoms with Gasteiger partial charge in [0.25, 0.3) is 0 Å². The Balaban J connectivity index is 1.19. The van der Waals surface area contributed by atoms with Crippen molar-refractivity contribution in [2.24, 2.45) is 11.8 Å². The van der Waals surface area contributed by atoms with Gasteiger partial charge in [0, 0.05) is 0 Å². The highest BCUT2D eigenvalue weighted by molar-refractivity contribution is 6.30. The monoisotopic (exact) mass is 512 g/mol. The largest absolute Gasteiger partial charge is 0.207 e. The number of rotatable bonds is 10. The molecule has 0 bridgehead atoms. The molecule has 36 heavy (non-hydrogen) atoms. The first-order chi connectivity index (χ1) is 17.4. The Morgan fingerprint density at radius 2 is 1.11 bits per heavy atom. The summed E-state index contributed by atoms with van der Waals surface area (Å²) in [5.74, 6) is -0.247. The standard InChI is InChI=1S/C32H36ClF3/c1-2-22-3-5-23(6-4-22)7-8-24-9-11-25(12-10-24)13-14-26-15-17-28(29(34)19-26)18-16-27-20-30(35)32(33)31(36)21-27/h3-6,15,17,19-21,24-25H,2,7-14,16,18H2,1H3/t24-,25-. The predicted octanol–water partition coefficient (Wildman–Crippen LogP) is 9.48. The summed E-state index contributed by atoms with van der Waals surface area (Å²) in [6.07, 6.45) is 11.4. The van der Waals surface area contributed by atoms with Crippen LogP contribution in [0.1, 0.15) is 73.3 Å². The maximum absolute atomic E-state index is 14.7. The van der Waals surface area contributed by atoms with Crippen molar-refractivity contribution >= 4 is 11.6 Å². The Labute approximate surface area is 218 Å². The number of benzene rings is 3. The molecule has 0 atom stereocenters. The zero-order valence-electron chi connectivity index (χ0n) is 21.1. The first-order valence-electron chi connectivity index (χ1n) is 13.4. The molecule has 0 N–H and O–H groups in total. The lowest BCUT2D eigenvalue weighted by Gasteiger charge is -2.28. The molecule has 1 saturated carbocycles. The van der Waals surface area contributed by atoms with Gasteiger partial charge in [0.2, 0.25) is 0 Å². The van der Waals surface area contributed by atoms with Gasteiger partial charge >= 0.3 is 0 Å². The van der Waals surface area contributed by atoms with Crippen molar-refractivity contribution in [1.29, 1.82) is 0 Å². The van der Waals surface area contributed by atoms with Crippen LogP contribution in [-0.2, 0) is 32.1 Å². The van der Waals surface area contributed by atoms with E-state index < -0.39 is 16.7 Å². The zero-order chi connectivity index (χ0) is 25.5. The number of hydrogen-bond acceptors (Lipinski definition) is 0. The maximum atomic E-state index is 14.7. The topological polar surface area (TPSA) is 0 Å². The van der Waals surface area contributed by atoms with E-state index in [9.17, 15) is 13.2 Å². The second-order valence-electron chi connectivity index (χ2n) is 10.4. The molecule has 0 spiro atoms. The highest BCUT2D eigenvalue weighted by atomic mass is 35.5. The third kappa shape index (κ3) is 7.38. The lowest BCUT2D eigenvalue weighted by molar-refractivity contribution is 0.253. The van der Waals surface area contributed by atoms with Gasteiger partial charge in [0.05, 0.1) is 0 Å². The Morgan fingerprint density at radius 3 is 1.67 bits per heavy atom. The quantitative estimate of drug-likeness (QED) is 0.237. The minimum atomic E-state index is -0.779. The van der Waals surface area contributed by atoms with Crippen molar-refractivity contribution in [3.8, 4) is 0 Å². The van der Waals surface area contributed by atoms with Gasteiger partial charge in [-0.15, -0.1) is 0 Å². The minimum absolute atomic E-state index is 0.238. The third-order valence-electron chi connectivity index (χ3n) is 7.92. The van der Waals surface area contributed by atoms with Crippen LogP contribution < -0.4 is 0 Å². The Hall–Kier alpha value is -2.26. The molecule has 3 aromatic carbocycles. The molecule has 0 aromatic heterocycles. The van der Waals surface area contributed by atoms with Crippen LogP contribution >= 0.6 is 11.6 Å². The molecule has 1 aliphatic carbocycles. The fraction of sp³-hybridized carbons (Fsp3) is 0.438. The summed E-state index contributed by atoms with van der Waals surface area (Å²) >= 11 is 5.54. The van der Waals surface area contributed by atoms with E-state index in [2.05, 4.69) is 31.2 Å². The van der Waals surface area contributed by atoms with Crippen molar-refractivity contribution in [1.82, 2.24) is 0 Å². The van der Waals surface area contributed by atoms with Gasteiger partial charge in [-0.3, -0.25) is 0 Å². The van der Waals surface area contributed by atoms with Gasteiger partial charge in [-0.25, -0.2) is 13.2 Å². The van der Waals surface area contributed by atoms with E-state index in [0.717, 1.165) is 36.7 Å². The second-order valence-corrected chi connectivity index (χ2v) is 10.8. The molecule has 0 aliphatic heterocycles. The average Bonchev–Trinajstić information content (AvgIpc) is 2.89. The second kappa shape index (κ2) is 12.8. The summed E-state index contributed by atoms with van der Waals surface area (Å²) < 4.78 is 42.0. The number of aryl methyl sites for hydroxylation is 5. The molecule has 4 rings (SSSR count). The summed E-state index contributed by atoms with van der Waals surface area (Å²) in [6, 6.07) is 17.0. The zero-order valence-corrected chi connectivity index (χ0v) is 21.9. The lowest BCUT2D eigenvalue weighted by Crippen LogP contribution is -2.16. The van der Waals surface area contributed by atoms with E-state index in [1.807, 2.05) is 12.1 Å². The van der Waals surface area contributed by atoms with Crippen LogP contribution in [0.5, 0.6) is 0 Å². The molecule has 0 nitrogen and oxygen atoms in total. The molecule has 0 amide bonds.